The fourth-order valence-corrected chi connectivity index (χ4v) is 4.68. The van der Waals surface area contributed by atoms with Crippen LogP contribution < -0.4 is 16.2 Å². The van der Waals surface area contributed by atoms with E-state index in [1.54, 1.807) is 41.0 Å². The molecule has 1 saturated carbocycles. The molecule has 1 fully saturated rings. The van der Waals surface area contributed by atoms with Crippen molar-refractivity contribution in [2.24, 2.45) is 0 Å². The Morgan fingerprint density at radius 3 is 2.58 bits per heavy atom. The third-order valence-electron chi connectivity index (χ3n) is 6.15. The molecule has 2 N–H and O–H groups in total. The number of rotatable bonds is 7. The normalized spacial score (nSPS) is 12.9. The number of carbonyl (C=O) groups is 2. The van der Waals surface area contributed by atoms with E-state index in [4.69, 9.17) is 4.98 Å². The lowest BCUT2D eigenvalue weighted by Crippen LogP contribution is -2.25. The van der Waals surface area contributed by atoms with Crippen molar-refractivity contribution in [1.82, 2.24) is 14.9 Å². The molecule has 5 rings (SSSR count). The average molecular weight is 499 g/mol. The summed E-state index contributed by atoms with van der Waals surface area (Å²) in [5.41, 5.74) is 4.35. The van der Waals surface area contributed by atoms with Crippen LogP contribution in [0.2, 0.25) is 0 Å². The average Bonchev–Trinajstić information content (AvgIpc) is 3.69. The van der Waals surface area contributed by atoms with Gasteiger partial charge in [-0.1, -0.05) is 36.0 Å². The van der Waals surface area contributed by atoms with E-state index in [0.717, 1.165) is 24.0 Å². The molecule has 1 aliphatic carbocycles. The SMILES string of the molecule is Cc1ccc(-n2c(SCC(=O)Nc3cccc(C(=O)NC4CC4)c3)nc3ccccc3c2=O)cc1C. The molecular formula is C28H26N4O3S. The molecule has 0 spiro atoms. The Hall–Kier alpha value is -3.91. The second-order valence-corrected chi connectivity index (χ2v) is 9.93. The molecule has 182 valence electrons. The van der Waals surface area contributed by atoms with Crippen LogP contribution in [0.5, 0.6) is 0 Å². The number of hydrogen-bond donors (Lipinski definition) is 2. The van der Waals surface area contributed by atoms with Gasteiger partial charge in [0.15, 0.2) is 5.16 Å². The molecule has 36 heavy (non-hydrogen) atoms. The van der Waals surface area contributed by atoms with Gasteiger partial charge in [-0.25, -0.2) is 4.98 Å². The highest BCUT2D eigenvalue weighted by Gasteiger charge is 2.24. The molecule has 1 aliphatic rings. The van der Waals surface area contributed by atoms with Crippen molar-refractivity contribution in [1.29, 1.82) is 0 Å². The van der Waals surface area contributed by atoms with Crippen LogP contribution >= 0.6 is 11.8 Å². The zero-order valence-corrected chi connectivity index (χ0v) is 20.9. The van der Waals surface area contributed by atoms with Crippen molar-refractivity contribution in [2.45, 2.75) is 37.9 Å². The number of amides is 2. The summed E-state index contributed by atoms with van der Waals surface area (Å²) in [5, 5.41) is 6.76. The largest absolute Gasteiger partial charge is 0.349 e. The minimum atomic E-state index is -0.256. The Labute approximate surface area is 212 Å². The number of benzene rings is 3. The maximum atomic E-state index is 13.4. The van der Waals surface area contributed by atoms with Crippen LogP contribution in [0.25, 0.3) is 16.6 Å². The van der Waals surface area contributed by atoms with Gasteiger partial charge < -0.3 is 10.6 Å². The van der Waals surface area contributed by atoms with E-state index in [2.05, 4.69) is 10.6 Å². The van der Waals surface area contributed by atoms with E-state index in [0.29, 0.717) is 33.0 Å². The van der Waals surface area contributed by atoms with Crippen LogP contribution in [0.1, 0.15) is 34.3 Å². The fraction of sp³-hybridized carbons (Fsp3) is 0.214. The second-order valence-electron chi connectivity index (χ2n) is 8.99. The van der Waals surface area contributed by atoms with Crippen LogP contribution in [0.15, 0.2) is 76.7 Å². The second kappa shape index (κ2) is 9.99. The van der Waals surface area contributed by atoms with Crippen LogP contribution in [-0.2, 0) is 4.79 Å². The monoisotopic (exact) mass is 498 g/mol. The lowest BCUT2D eigenvalue weighted by atomic mass is 10.1. The van der Waals surface area contributed by atoms with Crippen molar-refractivity contribution in [3.63, 3.8) is 0 Å². The predicted octanol–water partition coefficient (Wildman–Crippen LogP) is 4.63. The van der Waals surface area contributed by atoms with E-state index in [1.807, 2.05) is 44.2 Å². The van der Waals surface area contributed by atoms with E-state index in [-0.39, 0.29) is 29.2 Å². The summed E-state index contributed by atoms with van der Waals surface area (Å²) < 4.78 is 1.57. The Morgan fingerprint density at radius 2 is 1.81 bits per heavy atom. The lowest BCUT2D eigenvalue weighted by Gasteiger charge is -2.14. The lowest BCUT2D eigenvalue weighted by molar-refractivity contribution is -0.113. The summed E-state index contributed by atoms with van der Waals surface area (Å²) in [6.45, 7) is 4.02. The molecule has 4 aromatic rings. The smallest absolute Gasteiger partial charge is 0.266 e. The summed E-state index contributed by atoms with van der Waals surface area (Å²) in [4.78, 5) is 43.3. The molecule has 1 heterocycles. The number of anilines is 1. The van der Waals surface area contributed by atoms with Gasteiger partial charge in [-0.05, 0) is 80.3 Å². The Balaban J connectivity index is 1.38. The van der Waals surface area contributed by atoms with Gasteiger partial charge in [0.1, 0.15) is 0 Å². The standard InChI is InChI=1S/C28H26N4O3S/c1-17-10-13-22(14-18(17)2)32-27(35)23-8-3-4-9-24(23)31-28(32)36-16-25(33)29-21-7-5-6-19(15-21)26(34)30-20-11-12-20/h3-10,13-15,20H,11-12,16H2,1-2H3,(H,29,33)(H,30,34). The van der Waals surface area contributed by atoms with Crippen LogP contribution in [0, 0.1) is 13.8 Å². The van der Waals surface area contributed by atoms with Crippen molar-refractivity contribution in [2.75, 3.05) is 11.1 Å². The van der Waals surface area contributed by atoms with Gasteiger partial charge in [0.25, 0.3) is 11.5 Å². The summed E-state index contributed by atoms with van der Waals surface area (Å²) in [6.07, 6.45) is 2.02. The van der Waals surface area contributed by atoms with Gasteiger partial charge >= 0.3 is 0 Å². The zero-order chi connectivity index (χ0) is 25.2. The highest BCUT2D eigenvalue weighted by Crippen LogP contribution is 2.24. The predicted molar refractivity (Wildman–Crippen MR) is 143 cm³/mol. The van der Waals surface area contributed by atoms with Crippen LogP contribution in [0.4, 0.5) is 5.69 Å². The first-order valence-electron chi connectivity index (χ1n) is 11.8. The van der Waals surface area contributed by atoms with Crippen molar-refractivity contribution in [3.05, 3.63) is 93.8 Å². The molecule has 0 saturated heterocycles. The van der Waals surface area contributed by atoms with E-state index < -0.39 is 0 Å². The molecule has 0 unspecified atom stereocenters. The number of aryl methyl sites for hydroxylation is 2. The van der Waals surface area contributed by atoms with Crippen molar-refractivity contribution < 1.29 is 9.59 Å². The molecule has 0 atom stereocenters. The number of thioether (sulfide) groups is 1. The number of aromatic nitrogens is 2. The molecule has 0 aliphatic heterocycles. The number of carbonyl (C=O) groups excluding carboxylic acids is 2. The highest BCUT2D eigenvalue weighted by atomic mass is 32.2. The third kappa shape index (κ3) is 5.18. The molecule has 3 aromatic carbocycles. The van der Waals surface area contributed by atoms with Gasteiger partial charge in [-0.15, -0.1) is 0 Å². The Kier molecular flexibility index (Phi) is 6.61. The third-order valence-corrected chi connectivity index (χ3v) is 7.09. The molecular weight excluding hydrogens is 472 g/mol. The quantitative estimate of drug-likeness (QED) is 0.286. The van der Waals surface area contributed by atoms with Crippen LogP contribution in [-0.4, -0.2) is 33.2 Å². The summed E-state index contributed by atoms with van der Waals surface area (Å²) in [6, 6.07) is 20.2. The number of nitrogens with zero attached hydrogens (tertiary/aromatic N) is 2. The molecule has 8 heteroatoms. The maximum absolute atomic E-state index is 13.4. The molecule has 0 radical (unpaired) electrons. The maximum Gasteiger partial charge on any atom is 0.266 e. The molecule has 7 nitrogen and oxygen atoms in total. The van der Waals surface area contributed by atoms with Gasteiger partial charge in [0.2, 0.25) is 5.91 Å². The Bertz CT molecular complexity index is 1540. The summed E-state index contributed by atoms with van der Waals surface area (Å²) >= 11 is 1.20. The number of nitrogens with one attached hydrogen (secondary N) is 2. The Morgan fingerprint density at radius 1 is 1.00 bits per heavy atom. The van der Waals surface area contributed by atoms with E-state index in [1.165, 1.54) is 11.8 Å². The molecule has 0 bridgehead atoms. The van der Waals surface area contributed by atoms with Gasteiger partial charge in [0, 0.05) is 17.3 Å². The van der Waals surface area contributed by atoms with Gasteiger partial charge in [-0.3, -0.25) is 19.0 Å². The number of para-hydroxylation sites is 1. The van der Waals surface area contributed by atoms with E-state index in [9.17, 15) is 14.4 Å². The van der Waals surface area contributed by atoms with Gasteiger partial charge in [0.05, 0.1) is 22.3 Å². The number of fused-ring (bicyclic) bond motifs is 1. The first-order valence-corrected chi connectivity index (χ1v) is 12.8. The van der Waals surface area contributed by atoms with Gasteiger partial charge in [-0.2, -0.15) is 0 Å². The first-order chi connectivity index (χ1) is 17.4. The van der Waals surface area contributed by atoms with Crippen molar-refractivity contribution in [3.8, 4) is 5.69 Å². The topological polar surface area (TPSA) is 93.1 Å². The minimum absolute atomic E-state index is 0.0497. The molecule has 1 aromatic heterocycles. The highest BCUT2D eigenvalue weighted by molar-refractivity contribution is 7.99. The summed E-state index contributed by atoms with van der Waals surface area (Å²) in [7, 11) is 0. The zero-order valence-electron chi connectivity index (χ0n) is 20.1. The van der Waals surface area contributed by atoms with E-state index >= 15 is 0 Å². The van der Waals surface area contributed by atoms with Crippen molar-refractivity contribution >= 4 is 40.2 Å². The number of hydrogen-bond acceptors (Lipinski definition) is 5. The minimum Gasteiger partial charge on any atom is -0.349 e. The molecule has 2 amide bonds. The van der Waals surface area contributed by atoms with Crippen LogP contribution in [0.3, 0.4) is 0 Å². The summed E-state index contributed by atoms with van der Waals surface area (Å²) in [5.74, 6) is -0.344. The fourth-order valence-electron chi connectivity index (χ4n) is 3.86. The first kappa shape index (κ1) is 23.8.